The van der Waals surface area contributed by atoms with Crippen LogP contribution in [-0.2, 0) is 15.3 Å². The van der Waals surface area contributed by atoms with Gasteiger partial charge in [-0.25, -0.2) is 0 Å². The maximum atomic E-state index is 6.23. The molecule has 0 aliphatic carbocycles. The van der Waals surface area contributed by atoms with E-state index in [-0.39, 0.29) is 0 Å². The largest absolute Gasteiger partial charge is 0.497 e. The van der Waals surface area contributed by atoms with Gasteiger partial charge in [-0.15, -0.1) is 0 Å². The minimum absolute atomic E-state index is 0.658. The molecule has 0 unspecified atom stereocenters. The van der Waals surface area contributed by atoms with Crippen LogP contribution in [0.3, 0.4) is 0 Å². The summed E-state index contributed by atoms with van der Waals surface area (Å²) in [4.78, 5) is 0. The second kappa shape index (κ2) is 5.30. The third-order valence-corrected chi connectivity index (χ3v) is 4.15. The Balaban J connectivity index is 1.94. The standard InChI is InChI=1S/C18H18O4/c1-19-13-8-9-17-15(12-13)18(20-10-4-5-11-21-18)14-6-2-3-7-16(14)22-17/h2-3,6-9,12H,4-5,10-11H2,1H3. The van der Waals surface area contributed by atoms with E-state index in [0.29, 0.717) is 13.2 Å². The summed E-state index contributed by atoms with van der Waals surface area (Å²) in [6.45, 7) is 1.32. The van der Waals surface area contributed by atoms with Crippen LogP contribution in [0.15, 0.2) is 42.5 Å². The minimum Gasteiger partial charge on any atom is -0.497 e. The maximum Gasteiger partial charge on any atom is 0.229 e. The molecule has 2 aromatic rings. The lowest BCUT2D eigenvalue weighted by molar-refractivity contribution is -0.208. The van der Waals surface area contributed by atoms with Crippen molar-refractivity contribution in [2.24, 2.45) is 0 Å². The van der Waals surface area contributed by atoms with Crippen molar-refractivity contribution in [2.75, 3.05) is 20.3 Å². The monoisotopic (exact) mass is 298 g/mol. The lowest BCUT2D eigenvalue weighted by Gasteiger charge is -2.38. The SMILES string of the molecule is COc1ccc2c(c1)C1(OCCCCO1)c1ccccc1O2. The first-order valence-corrected chi connectivity index (χ1v) is 7.57. The van der Waals surface area contributed by atoms with Crippen LogP contribution in [0.25, 0.3) is 0 Å². The highest BCUT2D eigenvalue weighted by Gasteiger charge is 2.45. The van der Waals surface area contributed by atoms with Crippen LogP contribution < -0.4 is 9.47 Å². The zero-order valence-electron chi connectivity index (χ0n) is 12.5. The van der Waals surface area contributed by atoms with E-state index < -0.39 is 5.79 Å². The molecular weight excluding hydrogens is 280 g/mol. The molecule has 4 nitrogen and oxygen atoms in total. The quantitative estimate of drug-likeness (QED) is 0.802. The average molecular weight is 298 g/mol. The Bertz CT molecular complexity index is 687. The highest BCUT2D eigenvalue weighted by atomic mass is 16.7. The zero-order chi connectivity index (χ0) is 15.0. The second-order valence-corrected chi connectivity index (χ2v) is 5.48. The third-order valence-electron chi connectivity index (χ3n) is 4.15. The lowest BCUT2D eigenvalue weighted by Crippen LogP contribution is -2.36. The molecule has 2 aliphatic rings. The van der Waals surface area contributed by atoms with Gasteiger partial charge in [0, 0.05) is 0 Å². The van der Waals surface area contributed by atoms with Gasteiger partial charge in [0.15, 0.2) is 0 Å². The fourth-order valence-electron chi connectivity index (χ4n) is 3.06. The maximum absolute atomic E-state index is 6.23. The first-order valence-electron chi connectivity index (χ1n) is 7.57. The summed E-state index contributed by atoms with van der Waals surface area (Å²) in [5.41, 5.74) is 1.78. The number of hydrogen-bond acceptors (Lipinski definition) is 4. The van der Waals surface area contributed by atoms with Crippen LogP contribution in [0.2, 0.25) is 0 Å². The summed E-state index contributed by atoms with van der Waals surface area (Å²) in [7, 11) is 1.65. The van der Waals surface area contributed by atoms with E-state index in [9.17, 15) is 0 Å². The molecule has 0 atom stereocenters. The van der Waals surface area contributed by atoms with Crippen molar-refractivity contribution in [3.63, 3.8) is 0 Å². The molecule has 0 aromatic heterocycles. The predicted molar refractivity (Wildman–Crippen MR) is 81.4 cm³/mol. The Labute approximate surface area is 129 Å². The molecule has 0 N–H and O–H groups in total. The summed E-state index contributed by atoms with van der Waals surface area (Å²) in [6, 6.07) is 13.6. The Morgan fingerprint density at radius 3 is 2.41 bits per heavy atom. The van der Waals surface area contributed by atoms with Crippen molar-refractivity contribution in [3.8, 4) is 17.2 Å². The first kappa shape index (κ1) is 13.6. The molecule has 2 aliphatic heterocycles. The lowest BCUT2D eigenvalue weighted by atomic mass is 9.92. The van der Waals surface area contributed by atoms with Gasteiger partial charge in [0.2, 0.25) is 5.79 Å². The fourth-order valence-corrected chi connectivity index (χ4v) is 3.06. The second-order valence-electron chi connectivity index (χ2n) is 5.48. The third kappa shape index (κ3) is 1.99. The van der Waals surface area contributed by atoms with Crippen LogP contribution in [0.1, 0.15) is 24.0 Å². The summed E-state index contributed by atoms with van der Waals surface area (Å²) in [5.74, 6) is 1.39. The van der Waals surface area contributed by atoms with Gasteiger partial charge in [-0.1, -0.05) is 12.1 Å². The van der Waals surface area contributed by atoms with E-state index in [1.165, 1.54) is 0 Å². The van der Waals surface area contributed by atoms with Crippen LogP contribution in [0.5, 0.6) is 17.2 Å². The van der Waals surface area contributed by atoms with Gasteiger partial charge in [0.25, 0.3) is 0 Å². The smallest absolute Gasteiger partial charge is 0.229 e. The molecule has 4 heteroatoms. The molecule has 4 rings (SSSR count). The van der Waals surface area contributed by atoms with Crippen molar-refractivity contribution < 1.29 is 18.9 Å². The number of fused-ring (bicyclic) bond motifs is 4. The molecule has 22 heavy (non-hydrogen) atoms. The van der Waals surface area contributed by atoms with E-state index in [0.717, 1.165) is 41.2 Å². The van der Waals surface area contributed by atoms with E-state index in [4.69, 9.17) is 18.9 Å². The van der Waals surface area contributed by atoms with Gasteiger partial charge in [-0.3, -0.25) is 0 Å². The number of para-hydroxylation sites is 1. The highest BCUT2D eigenvalue weighted by Crippen LogP contribution is 2.51. The van der Waals surface area contributed by atoms with Crippen molar-refractivity contribution in [3.05, 3.63) is 53.6 Å². The van der Waals surface area contributed by atoms with Gasteiger partial charge in [0.05, 0.1) is 31.5 Å². The molecule has 114 valence electrons. The molecule has 0 saturated carbocycles. The summed E-state index contributed by atoms with van der Waals surface area (Å²) < 4.78 is 23.8. The van der Waals surface area contributed by atoms with E-state index in [2.05, 4.69) is 0 Å². The number of methoxy groups -OCH3 is 1. The molecule has 1 spiro atoms. The molecule has 0 radical (unpaired) electrons. The van der Waals surface area contributed by atoms with E-state index in [1.807, 2.05) is 42.5 Å². The van der Waals surface area contributed by atoms with Gasteiger partial charge >= 0.3 is 0 Å². The Morgan fingerprint density at radius 2 is 1.64 bits per heavy atom. The van der Waals surface area contributed by atoms with Crippen molar-refractivity contribution in [2.45, 2.75) is 18.6 Å². The molecule has 1 saturated heterocycles. The topological polar surface area (TPSA) is 36.9 Å². The van der Waals surface area contributed by atoms with Gasteiger partial charge in [-0.2, -0.15) is 0 Å². The van der Waals surface area contributed by atoms with Crippen LogP contribution >= 0.6 is 0 Å². The van der Waals surface area contributed by atoms with Crippen molar-refractivity contribution in [1.82, 2.24) is 0 Å². The number of rotatable bonds is 1. The fraction of sp³-hybridized carbons (Fsp3) is 0.333. The molecule has 0 amide bonds. The van der Waals surface area contributed by atoms with Gasteiger partial charge in [-0.05, 0) is 43.2 Å². The van der Waals surface area contributed by atoms with Crippen LogP contribution in [0.4, 0.5) is 0 Å². The molecule has 0 bridgehead atoms. The minimum atomic E-state index is -0.908. The Morgan fingerprint density at radius 1 is 0.909 bits per heavy atom. The molecule has 1 fully saturated rings. The van der Waals surface area contributed by atoms with Crippen molar-refractivity contribution in [1.29, 1.82) is 0 Å². The van der Waals surface area contributed by atoms with E-state index in [1.54, 1.807) is 7.11 Å². The van der Waals surface area contributed by atoms with Gasteiger partial charge in [0.1, 0.15) is 17.2 Å². The summed E-state index contributed by atoms with van der Waals surface area (Å²) in [5, 5.41) is 0. The van der Waals surface area contributed by atoms with Crippen LogP contribution in [-0.4, -0.2) is 20.3 Å². The molecular formula is C18H18O4. The van der Waals surface area contributed by atoms with E-state index >= 15 is 0 Å². The number of benzene rings is 2. The molecule has 2 heterocycles. The zero-order valence-corrected chi connectivity index (χ0v) is 12.5. The Kier molecular flexibility index (Phi) is 3.28. The van der Waals surface area contributed by atoms with Crippen LogP contribution in [0, 0.1) is 0 Å². The number of hydrogen-bond donors (Lipinski definition) is 0. The van der Waals surface area contributed by atoms with Gasteiger partial charge < -0.3 is 18.9 Å². The predicted octanol–water partition coefficient (Wildman–Crippen LogP) is 3.83. The Hall–Kier alpha value is -2.04. The summed E-state index contributed by atoms with van der Waals surface area (Å²) >= 11 is 0. The average Bonchev–Trinajstić information content (AvgIpc) is 2.82. The molecule has 2 aromatic carbocycles. The number of ether oxygens (including phenoxy) is 4. The van der Waals surface area contributed by atoms with Crippen molar-refractivity contribution >= 4 is 0 Å². The summed E-state index contributed by atoms with van der Waals surface area (Å²) in [6.07, 6.45) is 1.98. The first-order chi connectivity index (χ1) is 10.8. The highest BCUT2D eigenvalue weighted by molar-refractivity contribution is 5.56. The normalized spacial score (nSPS) is 18.8.